The van der Waals surface area contributed by atoms with Crippen molar-refractivity contribution in [2.75, 3.05) is 12.4 Å². The molecule has 1 fully saturated rings. The minimum atomic E-state index is -0.155. The lowest BCUT2D eigenvalue weighted by molar-refractivity contribution is -0.144. The summed E-state index contributed by atoms with van der Waals surface area (Å²) < 4.78 is 5.52. The Labute approximate surface area is 215 Å². The molecule has 188 valence electrons. The van der Waals surface area contributed by atoms with Crippen molar-refractivity contribution in [3.63, 3.8) is 0 Å². The van der Waals surface area contributed by atoms with E-state index in [9.17, 15) is 9.59 Å². The maximum atomic E-state index is 13.1. The van der Waals surface area contributed by atoms with Crippen molar-refractivity contribution in [1.29, 1.82) is 0 Å². The molecule has 0 heterocycles. The summed E-state index contributed by atoms with van der Waals surface area (Å²) in [5.41, 5.74) is 3.42. The number of rotatable bonds is 11. The average molecular weight is 493 g/mol. The topological polar surface area (TPSA) is 43.4 Å². The third kappa shape index (κ3) is 6.39. The minimum Gasteiger partial charge on any atom is -0.465 e. The van der Waals surface area contributed by atoms with Gasteiger partial charge in [0.1, 0.15) is 0 Å². The number of fused-ring (bicyclic) bond motifs is 1. The number of hydrogen-bond donors (Lipinski definition) is 0. The molecule has 0 radical (unpaired) electrons. The SMILES string of the molecule is CCCCC(CC)COC(=O)CCSc1ccc([C@H]2CC[C@@]3(CC2)Cc2ccccc2C3=O)cc1. The normalized spacial score (nSPS) is 22.2. The predicted octanol–water partition coefficient (Wildman–Crippen LogP) is 8.01. The van der Waals surface area contributed by atoms with Gasteiger partial charge in [-0.25, -0.2) is 0 Å². The quantitative estimate of drug-likeness (QED) is 0.235. The zero-order valence-electron chi connectivity index (χ0n) is 21.4. The summed E-state index contributed by atoms with van der Waals surface area (Å²) >= 11 is 1.72. The van der Waals surface area contributed by atoms with Crippen LogP contribution in [0.3, 0.4) is 0 Å². The Hall–Kier alpha value is -2.07. The number of Topliss-reactive ketones (excluding diaryl/α,β-unsaturated/α-hetero) is 1. The lowest BCUT2D eigenvalue weighted by Gasteiger charge is -2.36. The molecule has 4 heteroatoms. The van der Waals surface area contributed by atoms with Gasteiger partial charge in [0.25, 0.3) is 0 Å². The molecule has 1 atom stereocenters. The Balaban J connectivity index is 1.19. The number of ketones is 1. The molecule has 2 aliphatic rings. The van der Waals surface area contributed by atoms with Crippen molar-refractivity contribution >= 4 is 23.5 Å². The number of thioether (sulfide) groups is 1. The zero-order valence-corrected chi connectivity index (χ0v) is 22.2. The fourth-order valence-corrected chi connectivity index (χ4v) is 6.64. The molecular weight excluding hydrogens is 452 g/mol. The standard InChI is InChI=1S/C31H40O3S/c1-3-5-8-23(4-2)22-34-29(32)17-20-35-27-13-11-24(12-14-27)25-15-18-31(19-16-25)21-26-9-6-7-10-28(26)30(31)33/h6-7,9-14,23,25H,3-5,8,15-22H2,1-2H3/t23?,25-,31+. The number of carbonyl (C=O) groups is 2. The van der Waals surface area contributed by atoms with Gasteiger partial charge in [-0.15, -0.1) is 11.8 Å². The Morgan fingerprint density at radius 1 is 1.09 bits per heavy atom. The maximum Gasteiger partial charge on any atom is 0.306 e. The first kappa shape index (κ1) is 26.0. The summed E-state index contributed by atoms with van der Waals surface area (Å²) in [6, 6.07) is 17.0. The molecule has 35 heavy (non-hydrogen) atoms. The number of benzene rings is 2. The second-order valence-electron chi connectivity index (χ2n) is 10.5. The molecule has 0 amide bonds. The van der Waals surface area contributed by atoms with Gasteiger partial charge in [0.2, 0.25) is 0 Å². The highest BCUT2D eigenvalue weighted by Gasteiger charge is 2.47. The van der Waals surface area contributed by atoms with E-state index in [1.54, 1.807) is 11.8 Å². The average Bonchev–Trinajstić information content (AvgIpc) is 3.16. The lowest BCUT2D eigenvalue weighted by atomic mass is 9.67. The minimum absolute atomic E-state index is 0.0798. The molecule has 0 N–H and O–H groups in total. The van der Waals surface area contributed by atoms with Gasteiger partial charge in [0.15, 0.2) is 5.78 Å². The van der Waals surface area contributed by atoms with Gasteiger partial charge in [-0.1, -0.05) is 69.5 Å². The van der Waals surface area contributed by atoms with Crippen LogP contribution in [-0.2, 0) is 16.0 Å². The van der Waals surface area contributed by atoms with Crippen molar-refractivity contribution in [2.45, 2.75) is 88.9 Å². The Kier molecular flexibility index (Phi) is 9.10. The van der Waals surface area contributed by atoms with Crippen LogP contribution in [0, 0.1) is 11.3 Å². The number of carbonyl (C=O) groups excluding carboxylic acids is 2. The number of unbranched alkanes of at least 4 members (excludes halogenated alkanes) is 1. The van der Waals surface area contributed by atoms with Crippen LogP contribution in [0.5, 0.6) is 0 Å². The lowest BCUT2D eigenvalue weighted by Crippen LogP contribution is -2.32. The van der Waals surface area contributed by atoms with E-state index in [2.05, 4.69) is 50.2 Å². The van der Waals surface area contributed by atoms with E-state index in [1.165, 1.54) is 28.9 Å². The highest BCUT2D eigenvalue weighted by Crippen LogP contribution is 2.50. The zero-order chi connectivity index (χ0) is 24.7. The maximum absolute atomic E-state index is 13.1. The van der Waals surface area contributed by atoms with Crippen LogP contribution in [0.2, 0.25) is 0 Å². The fraction of sp³-hybridized carbons (Fsp3) is 0.548. The number of ether oxygens (including phenoxy) is 1. The first-order chi connectivity index (χ1) is 17.0. The number of hydrogen-bond acceptors (Lipinski definition) is 4. The van der Waals surface area contributed by atoms with E-state index >= 15 is 0 Å². The van der Waals surface area contributed by atoms with Crippen LogP contribution in [-0.4, -0.2) is 24.1 Å². The van der Waals surface area contributed by atoms with Crippen LogP contribution < -0.4 is 0 Å². The highest BCUT2D eigenvalue weighted by atomic mass is 32.2. The van der Waals surface area contributed by atoms with E-state index < -0.39 is 0 Å². The molecule has 1 unspecified atom stereocenters. The molecule has 1 spiro atoms. The smallest absolute Gasteiger partial charge is 0.306 e. The van der Waals surface area contributed by atoms with Crippen LogP contribution in [0.25, 0.3) is 0 Å². The summed E-state index contributed by atoms with van der Waals surface area (Å²) in [5, 5.41) is 0. The van der Waals surface area contributed by atoms with Crippen molar-refractivity contribution in [3.8, 4) is 0 Å². The first-order valence-electron chi connectivity index (χ1n) is 13.6. The summed E-state index contributed by atoms with van der Waals surface area (Å²) in [4.78, 5) is 26.4. The largest absolute Gasteiger partial charge is 0.465 e. The molecule has 2 aromatic carbocycles. The van der Waals surface area contributed by atoms with Crippen molar-refractivity contribution in [2.24, 2.45) is 11.3 Å². The third-order valence-corrected chi connectivity index (χ3v) is 9.18. The van der Waals surface area contributed by atoms with Gasteiger partial charge in [-0.3, -0.25) is 9.59 Å². The van der Waals surface area contributed by atoms with Gasteiger partial charge >= 0.3 is 5.97 Å². The summed E-state index contributed by atoms with van der Waals surface area (Å²) in [6.07, 6.45) is 10.1. The second-order valence-corrected chi connectivity index (χ2v) is 11.7. The molecule has 2 aliphatic carbocycles. The predicted molar refractivity (Wildman–Crippen MR) is 144 cm³/mol. The van der Waals surface area contributed by atoms with Crippen molar-refractivity contribution < 1.29 is 14.3 Å². The molecule has 3 nitrogen and oxygen atoms in total. The van der Waals surface area contributed by atoms with Gasteiger partial charge in [0.05, 0.1) is 13.0 Å². The van der Waals surface area contributed by atoms with E-state index in [0.717, 1.165) is 56.3 Å². The molecule has 4 rings (SSSR count). The molecule has 1 saturated carbocycles. The van der Waals surface area contributed by atoms with E-state index in [1.807, 2.05) is 12.1 Å². The summed E-state index contributed by atoms with van der Waals surface area (Å²) in [5.74, 6) is 2.08. The first-order valence-corrected chi connectivity index (χ1v) is 14.5. The summed E-state index contributed by atoms with van der Waals surface area (Å²) in [6.45, 7) is 4.94. The third-order valence-electron chi connectivity index (χ3n) is 8.16. The van der Waals surface area contributed by atoms with Crippen molar-refractivity contribution in [1.82, 2.24) is 0 Å². The van der Waals surface area contributed by atoms with E-state index in [-0.39, 0.29) is 11.4 Å². The number of esters is 1. The fourth-order valence-electron chi connectivity index (χ4n) is 5.80. The molecule has 0 bridgehead atoms. The van der Waals surface area contributed by atoms with Gasteiger partial charge in [-0.2, -0.15) is 0 Å². The molecule has 2 aromatic rings. The van der Waals surface area contributed by atoms with Crippen LogP contribution in [0.15, 0.2) is 53.4 Å². The molecule has 0 aromatic heterocycles. The summed E-state index contributed by atoms with van der Waals surface area (Å²) in [7, 11) is 0. The van der Waals surface area contributed by atoms with Gasteiger partial charge in [0, 0.05) is 21.6 Å². The monoisotopic (exact) mass is 492 g/mol. The van der Waals surface area contributed by atoms with Gasteiger partial charge in [-0.05, 0) is 73.6 Å². The molecular formula is C31H40O3S. The van der Waals surface area contributed by atoms with Crippen LogP contribution >= 0.6 is 11.8 Å². The second kappa shape index (κ2) is 12.3. The molecule has 0 saturated heterocycles. The van der Waals surface area contributed by atoms with Crippen molar-refractivity contribution in [3.05, 3.63) is 65.2 Å². The molecule has 0 aliphatic heterocycles. The Bertz CT molecular complexity index is 989. The van der Waals surface area contributed by atoms with Crippen LogP contribution in [0.1, 0.15) is 99.0 Å². The van der Waals surface area contributed by atoms with Gasteiger partial charge < -0.3 is 4.74 Å². The van der Waals surface area contributed by atoms with E-state index in [0.29, 0.717) is 30.6 Å². The Morgan fingerprint density at radius 3 is 2.51 bits per heavy atom. The van der Waals surface area contributed by atoms with E-state index in [4.69, 9.17) is 4.74 Å². The Morgan fingerprint density at radius 2 is 1.83 bits per heavy atom. The van der Waals surface area contributed by atoms with Crippen LogP contribution in [0.4, 0.5) is 0 Å². The highest BCUT2D eigenvalue weighted by molar-refractivity contribution is 7.99.